The van der Waals surface area contributed by atoms with Crippen LogP contribution in [0.2, 0.25) is 0 Å². The lowest BCUT2D eigenvalue weighted by molar-refractivity contribution is -0.139. The Labute approximate surface area is 109 Å². The molecule has 0 atom stereocenters. The highest BCUT2D eigenvalue weighted by Gasteiger charge is 2.12. The first kappa shape index (κ1) is 14.8. The summed E-state index contributed by atoms with van der Waals surface area (Å²) in [4.78, 5) is 20.9. The summed E-state index contributed by atoms with van der Waals surface area (Å²) in [5.41, 5.74) is 0.627. The molecule has 0 saturated carbocycles. The Morgan fingerprint density at radius 2 is 2.00 bits per heavy atom. The Morgan fingerprint density at radius 1 is 1.26 bits per heavy atom. The van der Waals surface area contributed by atoms with Crippen LogP contribution in [0, 0.1) is 0 Å². The van der Waals surface area contributed by atoms with Crippen LogP contribution in [0.15, 0.2) is 18.2 Å². The monoisotopic (exact) mass is 269 g/mol. The SMILES string of the molecule is COc1cccc(CNCC(=O)O)c1OCC(=O)O. The lowest BCUT2D eigenvalue weighted by atomic mass is 10.2. The first-order valence-electron chi connectivity index (χ1n) is 5.47. The molecule has 0 aliphatic heterocycles. The number of carboxylic acid groups (broad SMARTS) is 2. The molecule has 0 unspecified atom stereocenters. The van der Waals surface area contributed by atoms with Gasteiger partial charge in [-0.05, 0) is 6.07 Å². The molecular weight excluding hydrogens is 254 g/mol. The standard InChI is InChI=1S/C12H15NO6/c1-18-9-4-2-3-8(5-13-6-10(14)15)12(9)19-7-11(16)17/h2-4,13H,5-7H2,1H3,(H,14,15)(H,16,17). The van der Waals surface area contributed by atoms with Gasteiger partial charge in [-0.3, -0.25) is 4.79 Å². The molecule has 0 radical (unpaired) electrons. The summed E-state index contributed by atoms with van der Waals surface area (Å²) in [6, 6.07) is 5.05. The van der Waals surface area contributed by atoms with Crippen LogP contribution in [0.5, 0.6) is 11.5 Å². The quantitative estimate of drug-likeness (QED) is 0.624. The molecule has 19 heavy (non-hydrogen) atoms. The fraction of sp³-hybridized carbons (Fsp3) is 0.333. The number of aliphatic carboxylic acids is 2. The van der Waals surface area contributed by atoms with Crippen LogP contribution in [0.4, 0.5) is 0 Å². The van der Waals surface area contributed by atoms with Crippen LogP contribution in [0.25, 0.3) is 0 Å². The number of carboxylic acids is 2. The van der Waals surface area contributed by atoms with E-state index in [9.17, 15) is 9.59 Å². The number of hydrogen-bond donors (Lipinski definition) is 3. The molecule has 1 aromatic carbocycles. The van der Waals surface area contributed by atoms with Crippen LogP contribution >= 0.6 is 0 Å². The average Bonchev–Trinajstić information content (AvgIpc) is 2.36. The van der Waals surface area contributed by atoms with Crippen LogP contribution in [-0.4, -0.2) is 42.4 Å². The van der Waals surface area contributed by atoms with Crippen molar-refractivity contribution in [1.82, 2.24) is 5.32 Å². The molecule has 0 saturated heterocycles. The van der Waals surface area contributed by atoms with Gasteiger partial charge in [-0.25, -0.2) is 4.79 Å². The van der Waals surface area contributed by atoms with Crippen LogP contribution in [0.1, 0.15) is 5.56 Å². The second kappa shape index (κ2) is 7.22. The molecule has 1 aromatic rings. The topological polar surface area (TPSA) is 105 Å². The molecule has 7 heteroatoms. The minimum Gasteiger partial charge on any atom is -0.493 e. The smallest absolute Gasteiger partial charge is 0.341 e. The normalized spacial score (nSPS) is 9.95. The third kappa shape index (κ3) is 4.84. The molecule has 0 fully saturated rings. The maximum atomic E-state index is 10.5. The van der Waals surface area contributed by atoms with Gasteiger partial charge in [0.15, 0.2) is 18.1 Å². The number of rotatable bonds is 8. The van der Waals surface area contributed by atoms with Crippen molar-refractivity contribution in [2.75, 3.05) is 20.3 Å². The van der Waals surface area contributed by atoms with Crippen molar-refractivity contribution in [3.05, 3.63) is 23.8 Å². The van der Waals surface area contributed by atoms with E-state index in [-0.39, 0.29) is 13.1 Å². The van der Waals surface area contributed by atoms with Gasteiger partial charge in [0.05, 0.1) is 13.7 Å². The van der Waals surface area contributed by atoms with E-state index in [4.69, 9.17) is 19.7 Å². The highest BCUT2D eigenvalue weighted by Crippen LogP contribution is 2.30. The van der Waals surface area contributed by atoms with E-state index in [0.29, 0.717) is 17.1 Å². The third-order valence-electron chi connectivity index (χ3n) is 2.21. The summed E-state index contributed by atoms with van der Waals surface area (Å²) < 4.78 is 10.2. The fourth-order valence-corrected chi connectivity index (χ4v) is 1.46. The Hall–Kier alpha value is -2.28. The van der Waals surface area contributed by atoms with Crippen LogP contribution < -0.4 is 14.8 Å². The Kier molecular flexibility index (Phi) is 5.62. The van der Waals surface area contributed by atoms with E-state index in [1.54, 1.807) is 18.2 Å². The molecule has 1 rings (SSSR count). The van der Waals surface area contributed by atoms with Gasteiger partial charge < -0.3 is 25.0 Å². The summed E-state index contributed by atoms with van der Waals surface area (Å²) >= 11 is 0. The minimum absolute atomic E-state index is 0.199. The van der Waals surface area contributed by atoms with E-state index >= 15 is 0 Å². The van der Waals surface area contributed by atoms with E-state index in [2.05, 4.69) is 5.32 Å². The molecule has 0 aromatic heterocycles. The average molecular weight is 269 g/mol. The lowest BCUT2D eigenvalue weighted by Gasteiger charge is -2.14. The van der Waals surface area contributed by atoms with Crippen molar-refractivity contribution >= 4 is 11.9 Å². The summed E-state index contributed by atoms with van der Waals surface area (Å²) in [5, 5.41) is 19.9. The van der Waals surface area contributed by atoms with Gasteiger partial charge in [-0.1, -0.05) is 12.1 Å². The van der Waals surface area contributed by atoms with Gasteiger partial charge in [0.1, 0.15) is 0 Å². The van der Waals surface area contributed by atoms with Crippen molar-refractivity contribution in [3.63, 3.8) is 0 Å². The van der Waals surface area contributed by atoms with Crippen LogP contribution in [0.3, 0.4) is 0 Å². The third-order valence-corrected chi connectivity index (χ3v) is 2.21. The largest absolute Gasteiger partial charge is 0.493 e. The van der Waals surface area contributed by atoms with Gasteiger partial charge in [-0.15, -0.1) is 0 Å². The number of ether oxygens (including phenoxy) is 2. The number of hydrogen-bond acceptors (Lipinski definition) is 5. The summed E-state index contributed by atoms with van der Waals surface area (Å²) in [5.74, 6) is -1.38. The maximum absolute atomic E-state index is 10.5. The molecule has 7 nitrogen and oxygen atoms in total. The van der Waals surface area contributed by atoms with Gasteiger partial charge >= 0.3 is 11.9 Å². The van der Waals surface area contributed by atoms with Crippen molar-refractivity contribution in [2.45, 2.75) is 6.54 Å². The zero-order valence-electron chi connectivity index (χ0n) is 10.4. The van der Waals surface area contributed by atoms with E-state index in [1.165, 1.54) is 7.11 Å². The molecule has 0 bridgehead atoms. The summed E-state index contributed by atoms with van der Waals surface area (Å²) in [6.45, 7) is -0.458. The number of nitrogens with one attached hydrogen (secondary N) is 1. The van der Waals surface area contributed by atoms with E-state index in [0.717, 1.165) is 0 Å². The number of benzene rings is 1. The van der Waals surface area contributed by atoms with Gasteiger partial charge in [-0.2, -0.15) is 0 Å². The second-order valence-electron chi connectivity index (χ2n) is 3.63. The van der Waals surface area contributed by atoms with E-state index < -0.39 is 18.5 Å². The van der Waals surface area contributed by atoms with Gasteiger partial charge in [0, 0.05) is 12.1 Å². The number of carbonyl (C=O) groups is 2. The number of para-hydroxylation sites is 1. The molecule has 104 valence electrons. The molecule has 0 amide bonds. The molecule has 0 spiro atoms. The Morgan fingerprint density at radius 3 is 2.58 bits per heavy atom. The fourth-order valence-electron chi connectivity index (χ4n) is 1.46. The van der Waals surface area contributed by atoms with Crippen molar-refractivity contribution in [2.24, 2.45) is 0 Å². The van der Waals surface area contributed by atoms with Crippen LogP contribution in [-0.2, 0) is 16.1 Å². The summed E-state index contributed by atoms with van der Waals surface area (Å²) in [6.07, 6.45) is 0. The highest BCUT2D eigenvalue weighted by molar-refractivity contribution is 5.69. The molecule has 3 N–H and O–H groups in total. The Balaban J connectivity index is 2.82. The van der Waals surface area contributed by atoms with Crippen molar-refractivity contribution in [1.29, 1.82) is 0 Å². The molecule has 0 heterocycles. The second-order valence-corrected chi connectivity index (χ2v) is 3.63. The minimum atomic E-state index is -1.10. The molecule has 0 aliphatic carbocycles. The maximum Gasteiger partial charge on any atom is 0.341 e. The van der Waals surface area contributed by atoms with Crippen molar-refractivity contribution in [3.8, 4) is 11.5 Å². The predicted molar refractivity (Wildman–Crippen MR) is 65.5 cm³/mol. The zero-order chi connectivity index (χ0) is 14.3. The summed E-state index contributed by atoms with van der Waals surface area (Å²) in [7, 11) is 1.44. The van der Waals surface area contributed by atoms with Gasteiger partial charge in [0.2, 0.25) is 0 Å². The highest BCUT2D eigenvalue weighted by atomic mass is 16.5. The molecular formula is C12H15NO6. The molecule has 0 aliphatic rings. The number of methoxy groups -OCH3 is 1. The van der Waals surface area contributed by atoms with Crippen molar-refractivity contribution < 1.29 is 29.3 Å². The van der Waals surface area contributed by atoms with Gasteiger partial charge in [0.25, 0.3) is 0 Å². The first-order chi connectivity index (χ1) is 9.04. The Bertz CT molecular complexity index is 460. The zero-order valence-corrected chi connectivity index (χ0v) is 10.4. The first-order valence-corrected chi connectivity index (χ1v) is 5.47. The predicted octanol–water partition coefficient (Wildman–Crippen LogP) is 0.333. The lowest BCUT2D eigenvalue weighted by Crippen LogP contribution is -2.22. The van der Waals surface area contributed by atoms with E-state index in [1.807, 2.05) is 0 Å².